The van der Waals surface area contributed by atoms with Gasteiger partial charge in [-0.25, -0.2) is 8.78 Å². The van der Waals surface area contributed by atoms with Gasteiger partial charge in [0.15, 0.2) is 0 Å². The van der Waals surface area contributed by atoms with Crippen LogP contribution in [0.25, 0.3) is 0 Å². The average molecular weight is 493 g/mol. The van der Waals surface area contributed by atoms with Crippen LogP contribution in [0.2, 0.25) is 0 Å². The number of piperidine rings is 1. The van der Waals surface area contributed by atoms with Gasteiger partial charge in [-0.1, -0.05) is 49.6 Å². The molecule has 4 unspecified atom stereocenters. The van der Waals surface area contributed by atoms with Crippen molar-refractivity contribution >= 4 is 5.91 Å². The first-order valence-corrected chi connectivity index (χ1v) is 14.1. The van der Waals surface area contributed by atoms with E-state index < -0.39 is 5.41 Å². The highest BCUT2D eigenvalue weighted by Crippen LogP contribution is 2.49. The summed E-state index contributed by atoms with van der Waals surface area (Å²) in [5.41, 5.74) is 1.70. The third kappa shape index (κ3) is 4.08. The third-order valence-corrected chi connectivity index (χ3v) is 9.90. The molecule has 0 bridgehead atoms. The van der Waals surface area contributed by atoms with Gasteiger partial charge >= 0.3 is 0 Å². The molecule has 3 fully saturated rings. The molecule has 2 aromatic carbocycles. The van der Waals surface area contributed by atoms with Gasteiger partial charge in [0, 0.05) is 36.7 Å². The summed E-state index contributed by atoms with van der Waals surface area (Å²) in [6.45, 7) is 1.85. The molecule has 0 aromatic heterocycles. The number of benzene rings is 2. The number of rotatable bonds is 3. The fraction of sp³-hybridized carbons (Fsp3) is 0.581. The Morgan fingerprint density at radius 2 is 1.72 bits per heavy atom. The van der Waals surface area contributed by atoms with Crippen LogP contribution in [0, 0.1) is 23.5 Å². The molecule has 2 aromatic rings. The van der Waals surface area contributed by atoms with Crippen molar-refractivity contribution in [2.24, 2.45) is 11.8 Å². The lowest BCUT2D eigenvalue weighted by molar-refractivity contribution is -0.143. The first kappa shape index (κ1) is 24.1. The number of carbonyl (C=O) groups excluding carboxylic acids is 1. The highest BCUT2D eigenvalue weighted by atomic mass is 19.1. The number of halogens is 2. The Labute approximate surface area is 213 Å². The van der Waals surface area contributed by atoms with Crippen LogP contribution in [-0.4, -0.2) is 36.5 Å². The lowest BCUT2D eigenvalue weighted by Gasteiger charge is -2.48. The molecule has 2 saturated heterocycles. The Bertz CT molecular complexity index is 1100. The molecule has 1 spiro atoms. The van der Waals surface area contributed by atoms with Crippen LogP contribution < -0.4 is 5.32 Å². The van der Waals surface area contributed by atoms with Crippen molar-refractivity contribution < 1.29 is 13.6 Å². The van der Waals surface area contributed by atoms with Crippen molar-refractivity contribution in [3.8, 4) is 0 Å². The number of nitrogens with one attached hydrogen (secondary N) is 1. The number of nitrogens with zero attached hydrogens (tertiary/aromatic N) is 1. The zero-order valence-electron chi connectivity index (χ0n) is 21.2. The molecule has 1 saturated carbocycles. The van der Waals surface area contributed by atoms with E-state index in [4.69, 9.17) is 0 Å². The van der Waals surface area contributed by atoms with Crippen LogP contribution in [0.5, 0.6) is 0 Å². The van der Waals surface area contributed by atoms with Crippen LogP contribution in [-0.2, 0) is 16.6 Å². The second kappa shape index (κ2) is 9.89. The quantitative estimate of drug-likeness (QED) is 0.560. The zero-order valence-corrected chi connectivity index (χ0v) is 21.2. The summed E-state index contributed by atoms with van der Waals surface area (Å²) in [5, 5.41) is 3.43. The largest absolute Gasteiger partial charge is 0.339 e. The number of amides is 1. The van der Waals surface area contributed by atoms with Crippen LogP contribution >= 0.6 is 0 Å². The van der Waals surface area contributed by atoms with E-state index in [1.807, 2.05) is 0 Å². The summed E-state index contributed by atoms with van der Waals surface area (Å²) < 4.78 is 30.1. The van der Waals surface area contributed by atoms with Gasteiger partial charge < -0.3 is 10.2 Å². The summed E-state index contributed by atoms with van der Waals surface area (Å²) >= 11 is 0. The summed E-state index contributed by atoms with van der Waals surface area (Å²) in [4.78, 5) is 16.6. The first-order chi connectivity index (χ1) is 17.6. The molecule has 1 amide bonds. The molecule has 0 radical (unpaired) electrons. The van der Waals surface area contributed by atoms with E-state index in [2.05, 4.69) is 40.5 Å². The minimum Gasteiger partial charge on any atom is -0.339 e. The maximum Gasteiger partial charge on any atom is 0.228 e. The van der Waals surface area contributed by atoms with E-state index in [0.717, 1.165) is 32.2 Å². The molecular formula is C31H38F2N2O. The third-order valence-electron chi connectivity index (χ3n) is 9.90. The lowest BCUT2D eigenvalue weighted by atomic mass is 9.63. The van der Waals surface area contributed by atoms with Crippen molar-refractivity contribution in [1.82, 2.24) is 10.2 Å². The molecule has 6 rings (SSSR count). The molecule has 2 aliphatic heterocycles. The molecule has 36 heavy (non-hydrogen) atoms. The summed E-state index contributed by atoms with van der Waals surface area (Å²) in [6, 6.07) is 13.5. The van der Waals surface area contributed by atoms with Crippen LogP contribution in [0.3, 0.4) is 0 Å². The fourth-order valence-electron chi connectivity index (χ4n) is 8.15. The van der Waals surface area contributed by atoms with Gasteiger partial charge in [0.1, 0.15) is 11.6 Å². The normalized spacial score (nSPS) is 30.9. The predicted octanol–water partition coefficient (Wildman–Crippen LogP) is 6.11. The van der Waals surface area contributed by atoms with E-state index in [-0.39, 0.29) is 29.5 Å². The predicted molar refractivity (Wildman–Crippen MR) is 138 cm³/mol. The van der Waals surface area contributed by atoms with Gasteiger partial charge in [0.2, 0.25) is 5.91 Å². The maximum absolute atomic E-state index is 15.3. The lowest BCUT2D eigenvalue weighted by Crippen LogP contribution is -2.55. The van der Waals surface area contributed by atoms with Gasteiger partial charge in [0.25, 0.3) is 0 Å². The van der Waals surface area contributed by atoms with Crippen molar-refractivity contribution in [3.05, 3.63) is 70.8 Å². The minimum absolute atomic E-state index is 0.165. The molecule has 5 heteroatoms. The average Bonchev–Trinajstić information content (AvgIpc) is 3.34. The Balaban J connectivity index is 1.33. The highest BCUT2D eigenvalue weighted by Gasteiger charge is 2.54. The minimum atomic E-state index is -0.649. The van der Waals surface area contributed by atoms with Crippen LogP contribution in [0.1, 0.15) is 80.4 Å². The summed E-state index contributed by atoms with van der Waals surface area (Å²) in [6.07, 6.45) is 10.2. The number of hydrogen-bond acceptors (Lipinski definition) is 2. The molecule has 2 aliphatic carbocycles. The van der Waals surface area contributed by atoms with Crippen molar-refractivity contribution in [2.45, 2.75) is 81.6 Å². The highest BCUT2D eigenvalue weighted by molar-refractivity contribution is 5.82. The smallest absolute Gasteiger partial charge is 0.228 e. The molecule has 3 nitrogen and oxygen atoms in total. The van der Waals surface area contributed by atoms with Crippen molar-refractivity contribution in [3.63, 3.8) is 0 Å². The van der Waals surface area contributed by atoms with Crippen LogP contribution in [0.15, 0.2) is 42.5 Å². The van der Waals surface area contributed by atoms with Crippen molar-refractivity contribution in [2.75, 3.05) is 19.6 Å². The van der Waals surface area contributed by atoms with E-state index >= 15 is 4.39 Å². The second-order valence-corrected chi connectivity index (χ2v) is 11.7. The summed E-state index contributed by atoms with van der Waals surface area (Å²) in [5.74, 6) is 0.157. The second-order valence-electron chi connectivity index (χ2n) is 11.7. The SMILES string of the molecule is O=C(C1CNCC12CCCc1c(F)ccc(F)c12)N1CCC(c2ccccc2)CC1C1CCCCC1. The number of carbonyl (C=O) groups is 1. The molecule has 4 atom stereocenters. The monoisotopic (exact) mass is 492 g/mol. The Morgan fingerprint density at radius 1 is 0.944 bits per heavy atom. The van der Waals surface area contributed by atoms with Gasteiger partial charge in [-0.2, -0.15) is 0 Å². The number of likely N-dealkylation sites (tertiary alicyclic amines) is 1. The van der Waals surface area contributed by atoms with Gasteiger partial charge in [-0.3, -0.25) is 4.79 Å². The number of fused-ring (bicyclic) bond motifs is 2. The van der Waals surface area contributed by atoms with Gasteiger partial charge in [-0.15, -0.1) is 0 Å². The fourth-order valence-corrected chi connectivity index (χ4v) is 8.15. The summed E-state index contributed by atoms with van der Waals surface area (Å²) in [7, 11) is 0. The van der Waals surface area contributed by atoms with E-state index in [9.17, 15) is 9.18 Å². The van der Waals surface area contributed by atoms with E-state index in [0.29, 0.717) is 42.5 Å². The van der Waals surface area contributed by atoms with E-state index in [1.54, 1.807) is 0 Å². The molecule has 1 N–H and O–H groups in total. The molecular weight excluding hydrogens is 454 g/mol. The first-order valence-electron chi connectivity index (χ1n) is 14.1. The molecule has 4 aliphatic rings. The van der Waals surface area contributed by atoms with Gasteiger partial charge in [0.05, 0.1) is 5.92 Å². The zero-order chi connectivity index (χ0) is 24.7. The molecule has 192 valence electrons. The van der Waals surface area contributed by atoms with E-state index in [1.165, 1.54) is 49.8 Å². The number of hydrogen-bond donors (Lipinski definition) is 1. The Hall–Kier alpha value is -2.27. The van der Waals surface area contributed by atoms with Crippen molar-refractivity contribution in [1.29, 1.82) is 0 Å². The maximum atomic E-state index is 15.3. The molecule has 2 heterocycles. The standard InChI is InChI=1S/C31H38F2N2O/c32-26-13-14-27(33)29-24(26)12-7-16-31(29)20-34-19-25(31)30(36)35-17-15-23(21-8-3-1-4-9-21)18-28(35)22-10-5-2-6-11-22/h1,3-4,8-9,13-14,22-23,25,28,34H,2,5-7,10-12,15-20H2. The topological polar surface area (TPSA) is 32.3 Å². The Kier molecular flexibility index (Phi) is 6.62. The Morgan fingerprint density at radius 3 is 2.53 bits per heavy atom. The van der Waals surface area contributed by atoms with Crippen LogP contribution in [0.4, 0.5) is 8.78 Å². The van der Waals surface area contributed by atoms with Gasteiger partial charge in [-0.05, 0) is 80.0 Å².